The molecule has 2 aliphatic heterocycles. The van der Waals surface area contributed by atoms with Gasteiger partial charge < -0.3 is 14.9 Å². The van der Waals surface area contributed by atoms with Crippen molar-refractivity contribution in [2.45, 2.75) is 43.9 Å². The third kappa shape index (κ3) is 4.22. The molecule has 0 bridgehead atoms. The van der Waals surface area contributed by atoms with Crippen molar-refractivity contribution in [2.75, 3.05) is 26.2 Å². The first-order valence-corrected chi connectivity index (χ1v) is 13.0. The van der Waals surface area contributed by atoms with E-state index in [0.717, 1.165) is 50.8 Å². The summed E-state index contributed by atoms with van der Waals surface area (Å²) in [5, 5.41) is 2.02. The summed E-state index contributed by atoms with van der Waals surface area (Å²) < 4.78 is 13.8. The normalized spacial score (nSPS) is 19.8. The number of nitrogens with one attached hydrogen (secondary N) is 2. The quantitative estimate of drug-likeness (QED) is 0.275. The first kappa shape index (κ1) is 23.0. The van der Waals surface area contributed by atoms with Gasteiger partial charge in [-0.2, -0.15) is 0 Å². The predicted octanol–water partition coefficient (Wildman–Crippen LogP) is 5.29. The lowest BCUT2D eigenvalue weighted by molar-refractivity contribution is -0.138. The number of imide groups is 1. The zero-order chi connectivity index (χ0) is 24.6. The van der Waals surface area contributed by atoms with Gasteiger partial charge in [-0.1, -0.05) is 18.2 Å². The van der Waals surface area contributed by atoms with Crippen LogP contribution in [-0.4, -0.2) is 57.8 Å². The smallest absolute Gasteiger partial charge is 0.237 e. The van der Waals surface area contributed by atoms with Gasteiger partial charge in [0.05, 0.1) is 5.92 Å². The molecule has 7 heteroatoms. The second-order valence-corrected chi connectivity index (χ2v) is 10.2. The molecular formula is C29H31FN4O2. The molecule has 0 saturated carbocycles. The Balaban J connectivity index is 0.991. The molecule has 2 aromatic heterocycles. The molecule has 2 aliphatic rings. The number of halogens is 1. The van der Waals surface area contributed by atoms with Crippen LogP contribution in [0.5, 0.6) is 0 Å². The topological polar surface area (TPSA) is 72.2 Å². The SMILES string of the molecule is O=C1CC(c2c[nH]c3ccc(F)cc23)C(=O)N1CCCCN1CCC(c2c[nH]c3ccccc23)CC1. The van der Waals surface area contributed by atoms with Gasteiger partial charge in [0.1, 0.15) is 5.82 Å². The maximum atomic E-state index is 13.8. The van der Waals surface area contributed by atoms with Crippen LogP contribution in [0.3, 0.4) is 0 Å². The molecule has 2 saturated heterocycles. The van der Waals surface area contributed by atoms with Gasteiger partial charge in [-0.3, -0.25) is 14.5 Å². The number of aromatic nitrogens is 2. The molecule has 4 aromatic rings. The third-order valence-electron chi connectivity index (χ3n) is 8.05. The Morgan fingerprint density at radius 3 is 2.42 bits per heavy atom. The fourth-order valence-electron chi connectivity index (χ4n) is 6.07. The van der Waals surface area contributed by atoms with Gasteiger partial charge in [-0.15, -0.1) is 0 Å². The minimum atomic E-state index is -0.531. The van der Waals surface area contributed by atoms with Crippen LogP contribution in [0.2, 0.25) is 0 Å². The number of piperidine rings is 1. The van der Waals surface area contributed by atoms with Gasteiger partial charge in [-0.05, 0) is 86.6 Å². The Bertz CT molecular complexity index is 1420. The lowest BCUT2D eigenvalue weighted by Crippen LogP contribution is -2.35. The van der Waals surface area contributed by atoms with Crippen molar-refractivity contribution in [3.8, 4) is 0 Å². The number of nitrogens with zero attached hydrogens (tertiary/aromatic N) is 2. The van der Waals surface area contributed by atoms with Crippen molar-refractivity contribution in [2.24, 2.45) is 0 Å². The number of fused-ring (bicyclic) bond motifs is 2. The Kier molecular flexibility index (Phi) is 6.09. The first-order valence-electron chi connectivity index (χ1n) is 13.0. The monoisotopic (exact) mass is 486 g/mol. The summed E-state index contributed by atoms with van der Waals surface area (Å²) in [6.07, 6.45) is 8.13. The minimum absolute atomic E-state index is 0.129. The summed E-state index contributed by atoms with van der Waals surface area (Å²) in [4.78, 5) is 36.1. The number of carbonyl (C=O) groups excluding carboxylic acids is 2. The van der Waals surface area contributed by atoms with Crippen molar-refractivity contribution in [3.63, 3.8) is 0 Å². The zero-order valence-electron chi connectivity index (χ0n) is 20.3. The highest BCUT2D eigenvalue weighted by molar-refractivity contribution is 6.07. The molecule has 4 heterocycles. The first-order chi connectivity index (χ1) is 17.6. The molecule has 186 valence electrons. The lowest BCUT2D eigenvalue weighted by atomic mass is 9.89. The second kappa shape index (κ2) is 9.54. The molecule has 36 heavy (non-hydrogen) atoms. The van der Waals surface area contributed by atoms with E-state index in [2.05, 4.69) is 45.3 Å². The molecule has 2 amide bonds. The van der Waals surface area contributed by atoms with Gasteiger partial charge in [0.25, 0.3) is 0 Å². The maximum Gasteiger partial charge on any atom is 0.237 e. The number of hydrogen-bond donors (Lipinski definition) is 2. The number of H-pyrrole nitrogens is 2. The molecule has 2 aromatic carbocycles. The van der Waals surface area contributed by atoms with Gasteiger partial charge in [0, 0.05) is 47.2 Å². The number of hydrogen-bond acceptors (Lipinski definition) is 3. The van der Waals surface area contributed by atoms with Crippen LogP contribution in [0.1, 0.15) is 55.1 Å². The van der Waals surface area contributed by atoms with Crippen LogP contribution < -0.4 is 0 Å². The fraction of sp³-hybridized carbons (Fsp3) is 0.379. The van der Waals surface area contributed by atoms with Gasteiger partial charge in [0.2, 0.25) is 11.8 Å². The highest BCUT2D eigenvalue weighted by Gasteiger charge is 2.40. The Hall–Kier alpha value is -3.45. The van der Waals surface area contributed by atoms with E-state index in [1.165, 1.54) is 33.5 Å². The van der Waals surface area contributed by atoms with E-state index in [0.29, 0.717) is 23.4 Å². The summed E-state index contributed by atoms with van der Waals surface area (Å²) in [5.74, 6) is -0.578. The molecule has 0 radical (unpaired) electrons. The number of aromatic amines is 2. The zero-order valence-corrected chi connectivity index (χ0v) is 20.3. The summed E-state index contributed by atoms with van der Waals surface area (Å²) in [5.41, 5.74) is 4.13. The molecule has 1 atom stereocenters. The number of benzene rings is 2. The van der Waals surface area contributed by atoms with Crippen LogP contribution in [0.4, 0.5) is 4.39 Å². The van der Waals surface area contributed by atoms with E-state index >= 15 is 0 Å². The highest BCUT2D eigenvalue weighted by atomic mass is 19.1. The van der Waals surface area contributed by atoms with Gasteiger partial charge in [0.15, 0.2) is 0 Å². The van der Waals surface area contributed by atoms with Crippen molar-refractivity contribution < 1.29 is 14.0 Å². The van der Waals surface area contributed by atoms with Crippen LogP contribution in [0, 0.1) is 5.82 Å². The van der Waals surface area contributed by atoms with Crippen molar-refractivity contribution in [1.29, 1.82) is 0 Å². The number of likely N-dealkylation sites (tertiary alicyclic amines) is 2. The third-order valence-corrected chi connectivity index (χ3v) is 8.05. The summed E-state index contributed by atoms with van der Waals surface area (Å²) in [6.45, 7) is 3.59. The van der Waals surface area contributed by atoms with Crippen LogP contribution >= 0.6 is 0 Å². The Morgan fingerprint density at radius 2 is 1.58 bits per heavy atom. The van der Waals surface area contributed by atoms with E-state index < -0.39 is 5.92 Å². The number of carbonyl (C=O) groups is 2. The molecule has 2 fully saturated rings. The molecule has 6 nitrogen and oxygen atoms in total. The summed E-state index contributed by atoms with van der Waals surface area (Å²) in [7, 11) is 0. The van der Waals surface area contributed by atoms with Crippen LogP contribution in [-0.2, 0) is 9.59 Å². The average Bonchev–Trinajstić information content (AvgIpc) is 3.58. The van der Waals surface area contributed by atoms with E-state index in [1.807, 2.05) is 0 Å². The standard InChI is InChI=1S/C29H31FN4O2/c30-20-7-8-27-22(15-20)25(18-32-27)23-16-28(35)34(29(23)36)12-4-3-11-33-13-9-19(10-14-33)24-17-31-26-6-2-1-5-21(24)26/h1-2,5-8,15,17-19,23,31-32H,3-4,9-14,16H2. The molecule has 0 aliphatic carbocycles. The maximum absolute atomic E-state index is 13.8. The number of amides is 2. The lowest BCUT2D eigenvalue weighted by Gasteiger charge is -2.32. The van der Waals surface area contributed by atoms with E-state index in [-0.39, 0.29) is 24.1 Å². The van der Waals surface area contributed by atoms with Crippen molar-refractivity contribution in [1.82, 2.24) is 19.8 Å². The molecule has 1 unspecified atom stereocenters. The Morgan fingerprint density at radius 1 is 0.861 bits per heavy atom. The van der Waals surface area contributed by atoms with Gasteiger partial charge in [-0.25, -0.2) is 4.39 Å². The second-order valence-electron chi connectivity index (χ2n) is 10.2. The fourth-order valence-corrected chi connectivity index (χ4v) is 6.07. The molecule has 2 N–H and O–H groups in total. The van der Waals surface area contributed by atoms with E-state index in [4.69, 9.17) is 0 Å². The largest absolute Gasteiger partial charge is 0.361 e. The molecule has 0 spiro atoms. The molecule has 6 rings (SSSR count). The minimum Gasteiger partial charge on any atom is -0.361 e. The predicted molar refractivity (Wildman–Crippen MR) is 138 cm³/mol. The number of para-hydroxylation sites is 1. The van der Waals surface area contributed by atoms with Crippen LogP contribution in [0.25, 0.3) is 21.8 Å². The van der Waals surface area contributed by atoms with Gasteiger partial charge >= 0.3 is 0 Å². The van der Waals surface area contributed by atoms with Crippen molar-refractivity contribution in [3.05, 3.63) is 71.8 Å². The number of rotatable bonds is 7. The number of unbranched alkanes of at least 4 members (excludes halogenated alkanes) is 1. The van der Waals surface area contributed by atoms with E-state index in [1.54, 1.807) is 12.3 Å². The Labute approximate surface area is 209 Å². The van der Waals surface area contributed by atoms with Crippen molar-refractivity contribution >= 4 is 33.6 Å². The average molecular weight is 487 g/mol. The summed E-state index contributed by atoms with van der Waals surface area (Å²) in [6, 6.07) is 13.0. The van der Waals surface area contributed by atoms with Crippen LogP contribution in [0.15, 0.2) is 54.9 Å². The summed E-state index contributed by atoms with van der Waals surface area (Å²) >= 11 is 0. The molecular weight excluding hydrogens is 455 g/mol. The van der Waals surface area contributed by atoms with E-state index in [9.17, 15) is 14.0 Å². The highest BCUT2D eigenvalue weighted by Crippen LogP contribution is 2.35.